The largest absolute Gasteiger partial charge is 0.126 e. The van der Waals surface area contributed by atoms with E-state index in [0.717, 1.165) is 22.7 Å². The third-order valence-corrected chi connectivity index (χ3v) is 6.56. The molecule has 0 saturated carbocycles. The number of thioether (sulfide) groups is 1. The quantitative estimate of drug-likeness (QED) is 0.221. The molecular weight excluding hydrogens is 594 g/mol. The van der Waals surface area contributed by atoms with Gasteiger partial charge in [0.25, 0.3) is 0 Å². The van der Waals surface area contributed by atoms with Crippen molar-refractivity contribution in [3.63, 3.8) is 0 Å². The number of hydrogen-bond donors (Lipinski definition) is 0. The van der Waals surface area contributed by atoms with Crippen LogP contribution in [0.2, 0.25) is 0 Å². The summed E-state index contributed by atoms with van der Waals surface area (Å²) >= 11 is 6.57. The van der Waals surface area contributed by atoms with Gasteiger partial charge in [0.2, 0.25) is 0 Å². The summed E-state index contributed by atoms with van der Waals surface area (Å²) in [5.74, 6) is 0. The Morgan fingerprint density at radius 1 is 0.900 bits per heavy atom. The molecule has 1 atom stereocenters. The van der Waals surface area contributed by atoms with E-state index in [4.69, 9.17) is 0 Å². The van der Waals surface area contributed by atoms with Gasteiger partial charge in [-0.15, -0.1) is 93.0 Å². The standard InChI is InChI=1S/C13H9.C11H6BrS.2ClH.S.Zr/c1-3-7-12-10(5-1)9-11-6-2-4-8-13(11)12;12-11-6-9-8-4-2-1-3-7(8)5-10(9)13-11;;;;/h1-9H;1-2,4-6,11H;2*1H;;/q2*-1;;;;+2/p-2. The molecule has 0 spiro atoms. The van der Waals surface area contributed by atoms with E-state index in [1.165, 1.54) is 43.2 Å². The molecule has 1 aliphatic carbocycles. The Hall–Kier alpha value is -0.477. The number of alkyl halides is 1. The Balaban J connectivity index is 0.000000186. The zero-order chi connectivity index (χ0) is 19.5. The van der Waals surface area contributed by atoms with Crippen molar-refractivity contribution in [2.45, 2.75) is 4.16 Å². The first-order valence-electron chi connectivity index (χ1n) is 8.79. The molecule has 4 aromatic carbocycles. The summed E-state index contributed by atoms with van der Waals surface area (Å²) in [7, 11) is 4.17. The Bertz CT molecular complexity index is 1170. The van der Waals surface area contributed by atoms with Crippen LogP contribution < -0.4 is 24.8 Å². The molecular formula is C24H15BrCl2S2Zr-2. The molecule has 2 aliphatic rings. The molecule has 1 aliphatic heterocycles. The predicted molar refractivity (Wildman–Crippen MR) is 126 cm³/mol. The zero-order valence-electron chi connectivity index (χ0n) is 15.6. The van der Waals surface area contributed by atoms with Crippen molar-refractivity contribution in [2.75, 3.05) is 0 Å². The van der Waals surface area contributed by atoms with Gasteiger partial charge in [-0.25, -0.2) is 0 Å². The number of fused-ring (bicyclic) bond motifs is 6. The summed E-state index contributed by atoms with van der Waals surface area (Å²) < 4.78 is 0.446. The monoisotopic (exact) mass is 606 g/mol. The fourth-order valence-corrected chi connectivity index (χ4v) is 5.41. The average molecular weight is 610 g/mol. The maximum atomic E-state index is 4.17. The van der Waals surface area contributed by atoms with Crippen LogP contribution in [0.1, 0.15) is 11.1 Å². The molecule has 1 unspecified atom stereocenters. The van der Waals surface area contributed by atoms with Gasteiger partial charge in [0.05, 0.1) is 4.16 Å². The number of allylic oxidation sites excluding steroid dienone is 1. The first kappa shape index (κ1) is 25.8. The van der Waals surface area contributed by atoms with Crippen LogP contribution in [0.3, 0.4) is 0 Å². The normalized spacial score (nSPS) is 15.2. The fourth-order valence-electron chi connectivity index (χ4n) is 3.61. The van der Waals surface area contributed by atoms with E-state index < -0.39 is 0 Å². The van der Waals surface area contributed by atoms with E-state index in [-0.39, 0.29) is 24.8 Å². The van der Waals surface area contributed by atoms with Crippen molar-refractivity contribution in [2.24, 2.45) is 0 Å². The molecule has 0 aromatic heterocycles. The molecule has 0 amide bonds. The van der Waals surface area contributed by atoms with Crippen LogP contribution >= 0.6 is 36.5 Å². The molecule has 0 bridgehead atoms. The van der Waals surface area contributed by atoms with Crippen LogP contribution in [-0.4, -0.2) is 4.16 Å². The van der Waals surface area contributed by atoms with Crippen LogP contribution in [0, 0.1) is 6.07 Å². The molecule has 4 aromatic rings. The zero-order valence-corrected chi connectivity index (χ0v) is 22.8. The van der Waals surface area contributed by atoms with E-state index in [1.807, 2.05) is 23.9 Å². The van der Waals surface area contributed by atoms with E-state index in [2.05, 4.69) is 104 Å². The summed E-state index contributed by atoms with van der Waals surface area (Å²) in [5, 5.41) is 5.39. The predicted octanol–water partition coefficient (Wildman–Crippen LogP) is 2.06. The number of rotatable bonds is 0. The minimum Gasteiger partial charge on any atom is -0.126 e. The maximum absolute atomic E-state index is 4.17. The van der Waals surface area contributed by atoms with Gasteiger partial charge in [-0.3, -0.25) is 0 Å². The molecule has 0 fully saturated rings. The van der Waals surface area contributed by atoms with Gasteiger partial charge in [0.1, 0.15) is 0 Å². The van der Waals surface area contributed by atoms with Crippen LogP contribution in [0.4, 0.5) is 0 Å². The minimum absolute atomic E-state index is 0. The number of halogens is 3. The first-order valence-corrected chi connectivity index (χ1v) is 14.0. The topological polar surface area (TPSA) is 0 Å². The second kappa shape index (κ2) is 11.9. The first-order chi connectivity index (χ1) is 13.8. The SMILES string of the molecule is BrC1C=C2C(=Cc3[c-]cccc32)S1.[Cl-].[Cl-].[S]=[Zr+2].c1ccc2c(c1)[cH-]c1ccccc12. The smallest absolute Gasteiger partial charge is 0.0771 e. The van der Waals surface area contributed by atoms with Gasteiger partial charge < -0.3 is 24.8 Å². The summed E-state index contributed by atoms with van der Waals surface area (Å²) in [4.78, 5) is 1.37. The second-order valence-electron chi connectivity index (χ2n) is 6.37. The Morgan fingerprint density at radius 3 is 2.13 bits per heavy atom. The fraction of sp³-hybridized carbons (Fsp3) is 0.0417. The molecule has 0 radical (unpaired) electrons. The van der Waals surface area contributed by atoms with Gasteiger partial charge in [-0.2, -0.15) is 0 Å². The number of hydrogen-bond acceptors (Lipinski definition) is 2. The van der Waals surface area contributed by atoms with Crippen molar-refractivity contribution < 1.29 is 47.5 Å². The summed E-state index contributed by atoms with van der Waals surface area (Å²) in [5.41, 5.74) is 3.93. The van der Waals surface area contributed by atoms with Crippen LogP contribution in [0.25, 0.3) is 33.2 Å². The Morgan fingerprint density at radius 2 is 1.50 bits per heavy atom. The summed E-state index contributed by atoms with van der Waals surface area (Å²) in [6, 6.07) is 28.7. The third-order valence-electron chi connectivity index (χ3n) is 4.78. The van der Waals surface area contributed by atoms with Crippen molar-refractivity contribution in [1.29, 1.82) is 0 Å². The van der Waals surface area contributed by atoms with E-state index >= 15 is 0 Å². The van der Waals surface area contributed by atoms with Gasteiger partial charge >= 0.3 is 31.5 Å². The van der Waals surface area contributed by atoms with Crippen molar-refractivity contribution in [1.82, 2.24) is 0 Å². The molecule has 6 rings (SSSR count). The molecule has 0 N–H and O–H groups in total. The summed E-state index contributed by atoms with van der Waals surface area (Å²) in [6.45, 7) is 0. The van der Waals surface area contributed by atoms with E-state index in [0.29, 0.717) is 4.16 Å². The van der Waals surface area contributed by atoms with Crippen LogP contribution in [0.15, 0.2) is 83.8 Å². The van der Waals surface area contributed by atoms with Crippen molar-refractivity contribution in [3.8, 4) is 0 Å². The Labute approximate surface area is 220 Å². The average Bonchev–Trinajstić information content (AvgIpc) is 3.40. The van der Waals surface area contributed by atoms with E-state index in [1.54, 1.807) is 0 Å². The van der Waals surface area contributed by atoms with Crippen molar-refractivity contribution in [3.05, 3.63) is 101 Å². The van der Waals surface area contributed by atoms with Gasteiger partial charge in [-0.1, -0.05) is 64.0 Å². The minimum atomic E-state index is 0. The number of benzene rings is 3. The summed E-state index contributed by atoms with van der Waals surface area (Å²) in [6.07, 6.45) is 4.48. The second-order valence-corrected chi connectivity index (χ2v) is 9.15. The van der Waals surface area contributed by atoms with Crippen LogP contribution in [0.5, 0.6) is 0 Å². The molecule has 150 valence electrons. The van der Waals surface area contributed by atoms with Crippen LogP contribution in [-0.2, 0) is 22.7 Å². The van der Waals surface area contributed by atoms with Crippen molar-refractivity contribution >= 4 is 69.7 Å². The van der Waals surface area contributed by atoms with Gasteiger partial charge in [0.15, 0.2) is 0 Å². The molecule has 1 heterocycles. The molecule has 6 heteroatoms. The van der Waals surface area contributed by atoms with E-state index in [9.17, 15) is 0 Å². The molecule has 0 nitrogen and oxygen atoms in total. The third kappa shape index (κ3) is 5.29. The Kier molecular flexibility index (Phi) is 10.3. The van der Waals surface area contributed by atoms with Gasteiger partial charge in [0, 0.05) is 0 Å². The molecule has 30 heavy (non-hydrogen) atoms. The maximum Gasteiger partial charge on any atom is -0.0771 e. The molecule has 0 saturated heterocycles. The van der Waals surface area contributed by atoms with Gasteiger partial charge in [-0.05, 0) is 4.91 Å².